The zero-order valence-electron chi connectivity index (χ0n) is 12.8. The second kappa shape index (κ2) is 5.66. The van der Waals surface area contributed by atoms with Crippen molar-refractivity contribution in [3.8, 4) is 11.3 Å². The van der Waals surface area contributed by atoms with Crippen molar-refractivity contribution in [2.24, 2.45) is 0 Å². The molecule has 1 aromatic heterocycles. The van der Waals surface area contributed by atoms with Gasteiger partial charge in [-0.2, -0.15) is 0 Å². The van der Waals surface area contributed by atoms with Gasteiger partial charge in [-0.1, -0.05) is 48.5 Å². The molecule has 98 valence electrons. The molecular formula is C18H14FN. The van der Waals surface area contributed by atoms with Crippen molar-refractivity contribution in [1.29, 1.82) is 0 Å². The van der Waals surface area contributed by atoms with E-state index in [2.05, 4.69) is 4.98 Å². The summed E-state index contributed by atoms with van der Waals surface area (Å²) in [5.41, 5.74) is 2.28. The minimum atomic E-state index is -1.62. The molecule has 3 aromatic rings. The fourth-order valence-electron chi connectivity index (χ4n) is 2.01. The summed E-state index contributed by atoms with van der Waals surface area (Å²) < 4.78 is 30.1. The van der Waals surface area contributed by atoms with E-state index < -0.39 is 6.37 Å². The Morgan fingerprint density at radius 2 is 1.70 bits per heavy atom. The zero-order chi connectivity index (χ0) is 15.6. The number of rotatable bonds is 3. The van der Waals surface area contributed by atoms with Gasteiger partial charge in [0.2, 0.25) is 0 Å². The number of pyridine rings is 1. The van der Waals surface area contributed by atoms with Gasteiger partial charge < -0.3 is 0 Å². The van der Waals surface area contributed by atoms with Gasteiger partial charge in [-0.3, -0.25) is 4.98 Å². The van der Waals surface area contributed by atoms with Crippen LogP contribution in [0.5, 0.6) is 0 Å². The Hall–Kier alpha value is -2.48. The van der Waals surface area contributed by atoms with Crippen molar-refractivity contribution in [3.05, 3.63) is 89.9 Å². The molecule has 0 spiro atoms. The van der Waals surface area contributed by atoms with Crippen LogP contribution in [0.25, 0.3) is 11.3 Å². The normalized spacial score (nSPS) is 12.7. The lowest BCUT2D eigenvalue weighted by molar-refractivity contribution is 0.626. The molecule has 0 saturated heterocycles. The van der Waals surface area contributed by atoms with Crippen molar-refractivity contribution in [3.63, 3.8) is 0 Å². The van der Waals surface area contributed by atoms with Crippen LogP contribution in [0.1, 0.15) is 13.9 Å². The zero-order valence-corrected chi connectivity index (χ0v) is 10.8. The van der Waals surface area contributed by atoms with E-state index >= 15 is 0 Å². The Labute approximate surface area is 120 Å². The van der Waals surface area contributed by atoms with Crippen molar-refractivity contribution in [2.75, 3.05) is 0 Å². The molecule has 0 amide bonds. The number of halogens is 1. The summed E-state index contributed by atoms with van der Waals surface area (Å²) in [6.07, 6.45) is -0.215. The van der Waals surface area contributed by atoms with Crippen LogP contribution in [-0.4, -0.2) is 4.98 Å². The lowest BCUT2D eigenvalue weighted by Crippen LogP contribution is -1.90. The van der Waals surface area contributed by atoms with Gasteiger partial charge in [0.15, 0.2) is 0 Å². The molecule has 0 saturated carbocycles. The fourth-order valence-corrected chi connectivity index (χ4v) is 2.01. The van der Waals surface area contributed by atoms with Crippen LogP contribution in [0.2, 0.25) is 0 Å². The molecule has 0 unspecified atom stereocenters. The standard InChI is InChI=1S/C18H14FN/c19-17-9-10-20-18(13-17)16-8-4-7-15(12-16)11-14-5-2-1-3-6-14/h1-10,12-13H,11H2/i11D2. The van der Waals surface area contributed by atoms with E-state index in [0.29, 0.717) is 22.4 Å². The molecule has 20 heavy (non-hydrogen) atoms. The van der Waals surface area contributed by atoms with Gasteiger partial charge in [-0.05, 0) is 29.6 Å². The van der Waals surface area contributed by atoms with Crippen LogP contribution >= 0.6 is 0 Å². The Balaban J connectivity index is 2.05. The summed E-state index contributed by atoms with van der Waals surface area (Å²) in [6, 6.07) is 18.6. The van der Waals surface area contributed by atoms with Gasteiger partial charge in [-0.15, -0.1) is 0 Å². The van der Waals surface area contributed by atoms with E-state index in [1.165, 1.54) is 18.3 Å². The van der Waals surface area contributed by atoms with Crippen molar-refractivity contribution >= 4 is 0 Å². The highest BCUT2D eigenvalue weighted by Gasteiger charge is 2.03. The second-order valence-corrected chi connectivity index (χ2v) is 4.43. The van der Waals surface area contributed by atoms with Crippen LogP contribution in [0.3, 0.4) is 0 Å². The Kier molecular flexibility index (Phi) is 2.92. The molecule has 0 aliphatic rings. The van der Waals surface area contributed by atoms with E-state index in [-0.39, 0.29) is 5.82 Å². The van der Waals surface area contributed by atoms with E-state index in [0.717, 1.165) is 0 Å². The SMILES string of the molecule is [2H]C([2H])(c1ccccc1)c1cccc(-c2cc(F)ccn2)c1. The quantitative estimate of drug-likeness (QED) is 0.680. The van der Waals surface area contributed by atoms with Gasteiger partial charge >= 0.3 is 0 Å². The highest BCUT2D eigenvalue weighted by molar-refractivity contribution is 5.60. The molecule has 2 aromatic carbocycles. The molecule has 1 nitrogen and oxygen atoms in total. The van der Waals surface area contributed by atoms with Gasteiger partial charge in [0.05, 0.1) is 5.69 Å². The lowest BCUT2D eigenvalue weighted by Gasteiger charge is -2.05. The average molecular weight is 265 g/mol. The summed E-state index contributed by atoms with van der Waals surface area (Å²) >= 11 is 0. The Bertz CT molecular complexity index is 788. The van der Waals surface area contributed by atoms with E-state index in [1.807, 2.05) is 18.2 Å². The number of nitrogens with zero attached hydrogens (tertiary/aromatic N) is 1. The number of hydrogen-bond donors (Lipinski definition) is 0. The van der Waals surface area contributed by atoms with Gasteiger partial charge in [0.25, 0.3) is 0 Å². The fraction of sp³-hybridized carbons (Fsp3) is 0.0556. The third kappa shape index (κ3) is 2.91. The van der Waals surface area contributed by atoms with Gasteiger partial charge in [0, 0.05) is 20.6 Å². The first-order valence-electron chi connectivity index (χ1n) is 7.35. The minimum Gasteiger partial charge on any atom is -0.256 e. The first kappa shape index (κ1) is 10.3. The minimum absolute atomic E-state index is 0.360. The van der Waals surface area contributed by atoms with Crippen LogP contribution < -0.4 is 0 Å². The molecule has 2 heteroatoms. The molecule has 0 radical (unpaired) electrons. The highest BCUT2D eigenvalue weighted by atomic mass is 19.1. The molecular weight excluding hydrogens is 249 g/mol. The van der Waals surface area contributed by atoms with Crippen LogP contribution in [0.4, 0.5) is 4.39 Å². The van der Waals surface area contributed by atoms with Crippen LogP contribution in [0, 0.1) is 5.82 Å². The number of hydrogen-bond acceptors (Lipinski definition) is 1. The van der Waals surface area contributed by atoms with Crippen molar-refractivity contribution in [1.82, 2.24) is 4.98 Å². The van der Waals surface area contributed by atoms with Crippen LogP contribution in [0.15, 0.2) is 72.9 Å². The largest absolute Gasteiger partial charge is 0.256 e. The smallest absolute Gasteiger partial charge is 0.126 e. The Morgan fingerprint density at radius 3 is 2.50 bits per heavy atom. The summed E-state index contributed by atoms with van der Waals surface area (Å²) in [7, 11) is 0. The van der Waals surface area contributed by atoms with Gasteiger partial charge in [0.1, 0.15) is 5.82 Å². The highest BCUT2D eigenvalue weighted by Crippen LogP contribution is 2.20. The Morgan fingerprint density at radius 1 is 0.900 bits per heavy atom. The maximum Gasteiger partial charge on any atom is 0.126 e. The molecule has 0 fully saturated rings. The van der Waals surface area contributed by atoms with E-state index in [1.54, 1.807) is 36.4 Å². The summed E-state index contributed by atoms with van der Waals surface area (Å²) in [5, 5.41) is 0. The number of aromatic nitrogens is 1. The molecule has 0 aliphatic heterocycles. The molecule has 0 atom stereocenters. The second-order valence-electron chi connectivity index (χ2n) is 4.43. The first-order valence-corrected chi connectivity index (χ1v) is 6.35. The third-order valence-electron chi connectivity index (χ3n) is 2.94. The predicted molar refractivity (Wildman–Crippen MR) is 78.9 cm³/mol. The molecule has 3 rings (SSSR count). The van der Waals surface area contributed by atoms with E-state index in [4.69, 9.17) is 2.74 Å². The third-order valence-corrected chi connectivity index (χ3v) is 2.94. The summed E-state index contributed by atoms with van der Waals surface area (Å²) in [4.78, 5) is 4.14. The van der Waals surface area contributed by atoms with Crippen molar-refractivity contribution in [2.45, 2.75) is 6.37 Å². The maximum absolute atomic E-state index is 13.3. The topological polar surface area (TPSA) is 12.9 Å². The number of benzene rings is 2. The lowest BCUT2D eigenvalue weighted by atomic mass is 10.0. The van der Waals surface area contributed by atoms with Gasteiger partial charge in [-0.25, -0.2) is 4.39 Å². The average Bonchev–Trinajstić information content (AvgIpc) is 2.56. The van der Waals surface area contributed by atoms with Crippen molar-refractivity contribution < 1.29 is 7.13 Å². The molecule has 0 aliphatic carbocycles. The van der Waals surface area contributed by atoms with Crippen LogP contribution in [-0.2, 0) is 6.37 Å². The summed E-state index contributed by atoms with van der Waals surface area (Å²) in [6.45, 7) is 0. The summed E-state index contributed by atoms with van der Waals surface area (Å²) in [5.74, 6) is -0.360. The monoisotopic (exact) mass is 265 g/mol. The molecule has 0 N–H and O–H groups in total. The predicted octanol–water partition coefficient (Wildman–Crippen LogP) is 4.48. The first-order chi connectivity index (χ1) is 10.6. The maximum atomic E-state index is 13.3. The van der Waals surface area contributed by atoms with E-state index in [9.17, 15) is 4.39 Å². The molecule has 1 heterocycles. The molecule has 0 bridgehead atoms.